The molecule has 1 rings (SSSR count). The van der Waals surface area contributed by atoms with Crippen molar-refractivity contribution in [3.05, 3.63) is 23.3 Å². The molecule has 0 aliphatic heterocycles. The minimum Gasteiger partial charge on any atom is -0.492 e. The lowest BCUT2D eigenvalue weighted by molar-refractivity contribution is 0.339. The zero-order chi connectivity index (χ0) is 12.0. The van der Waals surface area contributed by atoms with Crippen LogP contribution < -0.4 is 10.1 Å². The first-order chi connectivity index (χ1) is 7.76. The van der Waals surface area contributed by atoms with Gasteiger partial charge in [0.1, 0.15) is 17.4 Å². The van der Waals surface area contributed by atoms with Gasteiger partial charge in [0.25, 0.3) is 0 Å². The molecule has 0 unspecified atom stereocenters. The number of nitrogens with one attached hydrogen (secondary N) is 1. The van der Waals surface area contributed by atoms with Crippen LogP contribution in [0.25, 0.3) is 0 Å². The van der Waals surface area contributed by atoms with Crippen molar-refractivity contribution < 1.29 is 4.74 Å². The highest BCUT2D eigenvalue weighted by molar-refractivity contribution is 5.65. The summed E-state index contributed by atoms with van der Waals surface area (Å²) in [4.78, 5) is 0. The first-order valence-electron chi connectivity index (χ1n) is 5.70. The molecule has 0 atom stereocenters. The first-order valence-corrected chi connectivity index (χ1v) is 5.70. The Bertz CT molecular complexity index is 366. The summed E-state index contributed by atoms with van der Waals surface area (Å²) in [6, 6.07) is 6.16. The maximum atomic E-state index is 9.15. The fourth-order valence-corrected chi connectivity index (χ4v) is 1.59. The van der Waals surface area contributed by atoms with E-state index in [4.69, 9.17) is 10.00 Å². The maximum absolute atomic E-state index is 9.15. The van der Waals surface area contributed by atoms with Crippen LogP contribution in [0.1, 0.15) is 31.9 Å². The Balaban J connectivity index is 3.23. The van der Waals surface area contributed by atoms with Crippen LogP contribution >= 0.6 is 0 Å². The van der Waals surface area contributed by atoms with Gasteiger partial charge in [-0.25, -0.2) is 0 Å². The third kappa shape index (κ3) is 2.66. The van der Waals surface area contributed by atoms with Crippen molar-refractivity contribution in [1.82, 2.24) is 0 Å². The van der Waals surface area contributed by atoms with Gasteiger partial charge in [0.05, 0.1) is 12.3 Å². The molecule has 86 valence electrons. The van der Waals surface area contributed by atoms with Gasteiger partial charge in [-0.05, 0) is 38.0 Å². The number of hydrogen-bond donors (Lipinski definition) is 1. The van der Waals surface area contributed by atoms with Crippen molar-refractivity contribution >= 4 is 5.69 Å². The van der Waals surface area contributed by atoms with Crippen molar-refractivity contribution in [3.63, 3.8) is 0 Å². The molecule has 3 heteroatoms. The van der Waals surface area contributed by atoms with Crippen LogP contribution in [0.2, 0.25) is 0 Å². The Morgan fingerprint density at radius 3 is 2.56 bits per heavy atom. The van der Waals surface area contributed by atoms with Gasteiger partial charge in [-0.3, -0.25) is 0 Å². The third-order valence-corrected chi connectivity index (χ3v) is 2.35. The van der Waals surface area contributed by atoms with Gasteiger partial charge < -0.3 is 10.1 Å². The van der Waals surface area contributed by atoms with E-state index in [1.807, 2.05) is 26.0 Å². The number of benzene rings is 1. The molecule has 3 nitrogen and oxygen atoms in total. The second-order valence-corrected chi connectivity index (χ2v) is 3.45. The first kappa shape index (κ1) is 12.4. The average Bonchev–Trinajstić information content (AvgIpc) is 2.29. The van der Waals surface area contributed by atoms with Crippen LogP contribution in [0.15, 0.2) is 12.1 Å². The number of rotatable bonds is 5. The van der Waals surface area contributed by atoms with Crippen molar-refractivity contribution in [2.75, 3.05) is 18.5 Å². The summed E-state index contributed by atoms with van der Waals surface area (Å²) in [7, 11) is 0. The summed E-state index contributed by atoms with van der Waals surface area (Å²) < 4.78 is 5.49. The van der Waals surface area contributed by atoms with Crippen molar-refractivity contribution in [3.8, 4) is 11.8 Å². The summed E-state index contributed by atoms with van der Waals surface area (Å²) in [6.45, 7) is 7.40. The van der Waals surface area contributed by atoms with E-state index in [0.717, 1.165) is 18.7 Å². The molecule has 16 heavy (non-hydrogen) atoms. The highest BCUT2D eigenvalue weighted by atomic mass is 16.5. The predicted molar refractivity (Wildman–Crippen MR) is 65.9 cm³/mol. The minimum absolute atomic E-state index is 0.577. The Morgan fingerprint density at radius 1 is 1.31 bits per heavy atom. The van der Waals surface area contributed by atoms with E-state index in [2.05, 4.69) is 18.3 Å². The van der Waals surface area contributed by atoms with E-state index in [0.29, 0.717) is 17.9 Å². The van der Waals surface area contributed by atoms with E-state index >= 15 is 0 Å². The standard InChI is InChI=1S/C13H18N2O/c1-4-10-7-12(15-5-2)11(9-14)13(8-10)16-6-3/h7-8,15H,4-6H2,1-3H3. The topological polar surface area (TPSA) is 45.0 Å². The van der Waals surface area contributed by atoms with Gasteiger partial charge >= 0.3 is 0 Å². The monoisotopic (exact) mass is 218 g/mol. The fourth-order valence-electron chi connectivity index (χ4n) is 1.59. The Labute approximate surface area is 97.0 Å². The second-order valence-electron chi connectivity index (χ2n) is 3.45. The number of nitrogens with zero attached hydrogens (tertiary/aromatic N) is 1. The molecule has 0 fully saturated rings. The molecule has 0 amide bonds. The molecule has 0 aliphatic carbocycles. The molecular weight excluding hydrogens is 200 g/mol. The fraction of sp³-hybridized carbons (Fsp3) is 0.462. The molecule has 0 radical (unpaired) electrons. The van der Waals surface area contributed by atoms with Crippen LogP contribution in [0.5, 0.6) is 5.75 Å². The summed E-state index contributed by atoms with van der Waals surface area (Å²) in [5.74, 6) is 0.681. The normalized spacial score (nSPS) is 9.62. The molecule has 1 aromatic carbocycles. The van der Waals surface area contributed by atoms with E-state index in [-0.39, 0.29) is 0 Å². The van der Waals surface area contributed by atoms with E-state index in [9.17, 15) is 0 Å². The van der Waals surface area contributed by atoms with Crippen LogP contribution in [0, 0.1) is 11.3 Å². The van der Waals surface area contributed by atoms with Gasteiger partial charge in [-0.1, -0.05) is 6.92 Å². The molecule has 1 N–H and O–H groups in total. The summed E-state index contributed by atoms with van der Waals surface area (Å²) in [6.07, 6.45) is 0.935. The van der Waals surface area contributed by atoms with Crippen LogP contribution in [0.3, 0.4) is 0 Å². The molecule has 0 spiro atoms. The minimum atomic E-state index is 0.577. The molecule has 0 bridgehead atoms. The number of hydrogen-bond acceptors (Lipinski definition) is 3. The maximum Gasteiger partial charge on any atom is 0.139 e. The smallest absolute Gasteiger partial charge is 0.139 e. The van der Waals surface area contributed by atoms with Crippen LogP contribution in [-0.2, 0) is 6.42 Å². The zero-order valence-electron chi connectivity index (χ0n) is 10.1. The lowest BCUT2D eigenvalue weighted by Gasteiger charge is -2.13. The van der Waals surface area contributed by atoms with E-state index < -0.39 is 0 Å². The summed E-state index contributed by atoms with van der Waals surface area (Å²) in [5, 5.41) is 12.3. The van der Waals surface area contributed by atoms with Crippen LogP contribution in [-0.4, -0.2) is 13.2 Å². The van der Waals surface area contributed by atoms with Crippen molar-refractivity contribution in [2.24, 2.45) is 0 Å². The summed E-state index contributed by atoms with van der Waals surface area (Å²) in [5.41, 5.74) is 2.65. The molecule has 0 aliphatic rings. The summed E-state index contributed by atoms with van der Waals surface area (Å²) >= 11 is 0. The molecule has 0 saturated carbocycles. The molecule has 0 saturated heterocycles. The quantitative estimate of drug-likeness (QED) is 0.826. The Hall–Kier alpha value is -1.69. The van der Waals surface area contributed by atoms with Gasteiger partial charge in [-0.2, -0.15) is 5.26 Å². The van der Waals surface area contributed by atoms with Crippen LogP contribution in [0.4, 0.5) is 5.69 Å². The third-order valence-electron chi connectivity index (χ3n) is 2.35. The lowest BCUT2D eigenvalue weighted by Crippen LogP contribution is -2.03. The molecule has 0 aromatic heterocycles. The van der Waals surface area contributed by atoms with Gasteiger partial charge in [0, 0.05) is 6.54 Å². The van der Waals surface area contributed by atoms with Crippen molar-refractivity contribution in [1.29, 1.82) is 5.26 Å². The van der Waals surface area contributed by atoms with E-state index in [1.165, 1.54) is 5.56 Å². The number of anilines is 1. The SMILES string of the molecule is CCNc1cc(CC)cc(OCC)c1C#N. The van der Waals surface area contributed by atoms with Crippen molar-refractivity contribution in [2.45, 2.75) is 27.2 Å². The largest absolute Gasteiger partial charge is 0.492 e. The predicted octanol–water partition coefficient (Wildman–Crippen LogP) is 2.95. The zero-order valence-corrected chi connectivity index (χ0v) is 10.1. The molecule has 0 heterocycles. The number of nitriles is 1. The highest BCUT2D eigenvalue weighted by Crippen LogP contribution is 2.28. The Kier molecular flexibility index (Phi) is 4.65. The van der Waals surface area contributed by atoms with E-state index in [1.54, 1.807) is 0 Å². The van der Waals surface area contributed by atoms with Gasteiger partial charge in [0.2, 0.25) is 0 Å². The molecular formula is C13H18N2O. The number of ether oxygens (including phenoxy) is 1. The van der Waals surface area contributed by atoms with Gasteiger partial charge in [-0.15, -0.1) is 0 Å². The molecule has 1 aromatic rings. The second kappa shape index (κ2) is 6.02. The lowest BCUT2D eigenvalue weighted by atomic mass is 10.1. The highest BCUT2D eigenvalue weighted by Gasteiger charge is 2.10. The number of aryl methyl sites for hydroxylation is 1. The Morgan fingerprint density at radius 2 is 2.06 bits per heavy atom. The van der Waals surface area contributed by atoms with Gasteiger partial charge in [0.15, 0.2) is 0 Å². The average molecular weight is 218 g/mol.